The molecule has 1 N–H and O–H groups in total. The second kappa shape index (κ2) is 8.10. The number of amides is 1. The Kier molecular flexibility index (Phi) is 5.50. The molecule has 1 fully saturated rings. The zero-order valence-corrected chi connectivity index (χ0v) is 17.3. The third-order valence-corrected chi connectivity index (χ3v) is 7.31. The minimum absolute atomic E-state index is 0.00674. The highest BCUT2D eigenvalue weighted by atomic mass is 35.5. The topological polar surface area (TPSA) is 104 Å². The molecule has 0 bridgehead atoms. The van der Waals surface area contributed by atoms with Crippen LogP contribution in [-0.2, 0) is 10.0 Å². The molecule has 1 saturated heterocycles. The van der Waals surface area contributed by atoms with E-state index in [2.05, 4.69) is 4.98 Å². The molecule has 1 aliphatic heterocycles. The molecule has 1 aromatic carbocycles. The van der Waals surface area contributed by atoms with E-state index in [1.54, 1.807) is 30.3 Å². The summed E-state index contributed by atoms with van der Waals surface area (Å²) in [4.78, 5) is 29.3. The predicted octanol–water partition coefficient (Wildman–Crippen LogP) is 2.44. The van der Waals surface area contributed by atoms with E-state index in [1.165, 1.54) is 33.7 Å². The first-order chi connectivity index (χ1) is 14.4. The molecular weight excluding hydrogens is 430 g/mol. The monoisotopic (exact) mass is 447 g/mol. The van der Waals surface area contributed by atoms with Crippen LogP contribution in [0.5, 0.6) is 0 Å². The van der Waals surface area contributed by atoms with Crippen molar-refractivity contribution in [3.05, 3.63) is 75.7 Å². The number of H-pyrrole nitrogens is 1. The summed E-state index contributed by atoms with van der Waals surface area (Å²) in [6, 6.07) is 12.7. The van der Waals surface area contributed by atoms with E-state index in [-0.39, 0.29) is 41.7 Å². The van der Waals surface area contributed by atoms with Crippen LogP contribution in [0.1, 0.15) is 10.4 Å². The van der Waals surface area contributed by atoms with Crippen LogP contribution in [0.3, 0.4) is 0 Å². The van der Waals surface area contributed by atoms with E-state index < -0.39 is 21.5 Å². The Morgan fingerprint density at radius 3 is 2.37 bits per heavy atom. The Balaban J connectivity index is 1.47. The number of furan rings is 1. The first-order valence-corrected chi connectivity index (χ1v) is 11.0. The number of halogens is 1. The van der Waals surface area contributed by atoms with Gasteiger partial charge in [-0.15, -0.1) is 0 Å². The average molecular weight is 448 g/mol. The number of carbonyl (C=O) groups excluding carboxylic acids is 1. The van der Waals surface area contributed by atoms with E-state index in [4.69, 9.17) is 16.0 Å². The van der Waals surface area contributed by atoms with Crippen molar-refractivity contribution in [2.75, 3.05) is 26.2 Å². The van der Waals surface area contributed by atoms with Gasteiger partial charge in [-0.05, 0) is 36.4 Å². The van der Waals surface area contributed by atoms with Crippen molar-refractivity contribution in [3.63, 3.8) is 0 Å². The Morgan fingerprint density at radius 2 is 1.73 bits per heavy atom. The predicted molar refractivity (Wildman–Crippen MR) is 111 cm³/mol. The third-order valence-electron chi connectivity index (χ3n) is 4.91. The molecular formula is C20H18ClN3O5S. The van der Waals surface area contributed by atoms with Crippen molar-refractivity contribution in [1.82, 2.24) is 14.2 Å². The van der Waals surface area contributed by atoms with Gasteiger partial charge in [0.15, 0.2) is 0 Å². The number of nitrogens with zero attached hydrogens (tertiary/aromatic N) is 2. The van der Waals surface area contributed by atoms with Crippen LogP contribution < -0.4 is 5.56 Å². The average Bonchev–Trinajstić information content (AvgIpc) is 3.28. The normalized spacial score (nSPS) is 15.3. The summed E-state index contributed by atoms with van der Waals surface area (Å²) in [6.07, 6.45) is 1.49. The summed E-state index contributed by atoms with van der Waals surface area (Å²) in [5.74, 6) is 0.0431. The molecule has 1 aliphatic rings. The van der Waals surface area contributed by atoms with Crippen molar-refractivity contribution in [3.8, 4) is 11.5 Å². The number of benzene rings is 1. The number of carbonyl (C=O) groups is 1. The molecule has 0 spiro atoms. The van der Waals surface area contributed by atoms with Gasteiger partial charge < -0.3 is 14.3 Å². The van der Waals surface area contributed by atoms with Crippen LogP contribution in [0.15, 0.2) is 68.9 Å². The SMILES string of the molecule is O=C(c1ccc(-c2ccco2)[nH]c1=O)N1CCN(S(=O)(=O)c2ccccc2Cl)CC1. The summed E-state index contributed by atoms with van der Waals surface area (Å²) in [7, 11) is -3.76. The highest BCUT2D eigenvalue weighted by Crippen LogP contribution is 2.25. The van der Waals surface area contributed by atoms with Crippen LogP contribution >= 0.6 is 11.6 Å². The van der Waals surface area contributed by atoms with Crippen molar-refractivity contribution >= 4 is 27.5 Å². The van der Waals surface area contributed by atoms with Gasteiger partial charge in [0.2, 0.25) is 10.0 Å². The lowest BCUT2D eigenvalue weighted by Gasteiger charge is -2.34. The van der Waals surface area contributed by atoms with Crippen molar-refractivity contribution in [2.45, 2.75) is 4.90 Å². The summed E-state index contributed by atoms with van der Waals surface area (Å²) in [5.41, 5.74) is -0.0649. The smallest absolute Gasteiger partial charge is 0.261 e. The van der Waals surface area contributed by atoms with Gasteiger partial charge in [-0.3, -0.25) is 9.59 Å². The summed E-state index contributed by atoms with van der Waals surface area (Å²) >= 11 is 6.04. The summed E-state index contributed by atoms with van der Waals surface area (Å²) in [6.45, 7) is 0.563. The highest BCUT2D eigenvalue weighted by molar-refractivity contribution is 7.89. The third kappa shape index (κ3) is 3.79. The number of hydrogen-bond acceptors (Lipinski definition) is 5. The molecule has 0 unspecified atom stereocenters. The van der Waals surface area contributed by atoms with Gasteiger partial charge in [0.05, 0.1) is 17.0 Å². The Hall–Kier alpha value is -2.88. The zero-order valence-electron chi connectivity index (χ0n) is 15.7. The molecule has 0 aliphatic carbocycles. The van der Waals surface area contributed by atoms with Gasteiger partial charge in [-0.25, -0.2) is 8.42 Å². The molecule has 156 valence electrons. The van der Waals surface area contributed by atoms with E-state index in [0.29, 0.717) is 11.5 Å². The maximum Gasteiger partial charge on any atom is 0.261 e. The van der Waals surface area contributed by atoms with Gasteiger partial charge in [-0.1, -0.05) is 23.7 Å². The van der Waals surface area contributed by atoms with Gasteiger partial charge in [-0.2, -0.15) is 4.31 Å². The fraction of sp³-hybridized carbons (Fsp3) is 0.200. The molecule has 30 heavy (non-hydrogen) atoms. The molecule has 10 heteroatoms. The Morgan fingerprint density at radius 1 is 1.00 bits per heavy atom. The van der Waals surface area contributed by atoms with Crippen LogP contribution in [0.2, 0.25) is 5.02 Å². The summed E-state index contributed by atoms with van der Waals surface area (Å²) in [5, 5.41) is 0.152. The van der Waals surface area contributed by atoms with Crippen LogP contribution in [0, 0.1) is 0 Å². The number of pyridine rings is 1. The standard InChI is InChI=1S/C20H18ClN3O5S/c21-15-4-1-2-6-18(15)30(27,28)24-11-9-23(10-12-24)20(26)14-7-8-16(22-19(14)25)17-5-3-13-29-17/h1-8,13H,9-12H2,(H,22,25). The van der Waals surface area contributed by atoms with Crippen LogP contribution in [0.25, 0.3) is 11.5 Å². The van der Waals surface area contributed by atoms with E-state index in [1.807, 2.05) is 0 Å². The first kappa shape index (κ1) is 20.4. The largest absolute Gasteiger partial charge is 0.463 e. The molecule has 3 heterocycles. The minimum atomic E-state index is -3.76. The molecule has 2 aromatic heterocycles. The van der Waals surface area contributed by atoms with E-state index >= 15 is 0 Å². The lowest BCUT2D eigenvalue weighted by atomic mass is 10.2. The molecule has 0 saturated carbocycles. The second-order valence-electron chi connectivity index (χ2n) is 6.72. The van der Waals surface area contributed by atoms with Gasteiger partial charge >= 0.3 is 0 Å². The fourth-order valence-electron chi connectivity index (χ4n) is 3.31. The molecule has 0 atom stereocenters. The molecule has 0 radical (unpaired) electrons. The van der Waals surface area contributed by atoms with Crippen molar-refractivity contribution in [1.29, 1.82) is 0 Å². The number of hydrogen-bond donors (Lipinski definition) is 1. The van der Waals surface area contributed by atoms with Crippen LogP contribution in [-0.4, -0.2) is 54.7 Å². The van der Waals surface area contributed by atoms with Gasteiger partial charge in [0, 0.05) is 26.2 Å². The second-order valence-corrected chi connectivity index (χ2v) is 9.03. The molecule has 8 nitrogen and oxygen atoms in total. The minimum Gasteiger partial charge on any atom is -0.463 e. The lowest BCUT2D eigenvalue weighted by Crippen LogP contribution is -2.51. The molecule has 4 rings (SSSR count). The maximum atomic E-state index is 12.8. The Bertz CT molecular complexity index is 1230. The summed E-state index contributed by atoms with van der Waals surface area (Å²) < 4.78 is 32.2. The molecule has 3 aromatic rings. The van der Waals surface area contributed by atoms with Gasteiger partial charge in [0.1, 0.15) is 16.2 Å². The quantitative estimate of drug-likeness (QED) is 0.661. The number of sulfonamides is 1. The number of piperazine rings is 1. The number of aromatic nitrogens is 1. The fourth-order valence-corrected chi connectivity index (χ4v) is 5.23. The molecule has 1 amide bonds. The first-order valence-electron chi connectivity index (χ1n) is 9.19. The highest BCUT2D eigenvalue weighted by Gasteiger charge is 2.32. The number of nitrogens with one attached hydrogen (secondary N) is 1. The van der Waals surface area contributed by atoms with Crippen LogP contribution in [0.4, 0.5) is 0 Å². The Labute approximate surface area is 177 Å². The maximum absolute atomic E-state index is 12.8. The van der Waals surface area contributed by atoms with E-state index in [0.717, 1.165) is 0 Å². The van der Waals surface area contributed by atoms with Gasteiger partial charge in [0.25, 0.3) is 11.5 Å². The lowest BCUT2D eigenvalue weighted by molar-refractivity contribution is 0.0696. The number of aromatic amines is 1. The number of rotatable bonds is 4. The van der Waals surface area contributed by atoms with Crippen molar-refractivity contribution < 1.29 is 17.6 Å². The van der Waals surface area contributed by atoms with E-state index in [9.17, 15) is 18.0 Å². The van der Waals surface area contributed by atoms with Crippen molar-refractivity contribution in [2.24, 2.45) is 0 Å². The zero-order chi connectivity index (χ0) is 21.3.